The molecular weight excluding hydrogens is 348 g/mol. The molecule has 0 saturated heterocycles. The minimum atomic E-state index is -3.63. The van der Waals surface area contributed by atoms with Crippen LogP contribution in [0.5, 0.6) is 0 Å². The van der Waals surface area contributed by atoms with E-state index >= 15 is 0 Å². The summed E-state index contributed by atoms with van der Waals surface area (Å²) < 4.78 is 27.5. The zero-order chi connectivity index (χ0) is 19.0. The fraction of sp³-hybridized carbons (Fsp3) is 0.350. The standard InChI is InChI=1S/C20H26N2O3S/c1-16(2)15-21-20(23)18-11-6-12-19(14-18)26(24,25)22-13-7-10-17-8-4-3-5-9-17/h3-6,8-9,11-12,14,16,22H,7,10,13,15H2,1-2H3,(H,21,23). The Morgan fingerprint density at radius 2 is 1.77 bits per heavy atom. The van der Waals surface area contributed by atoms with Gasteiger partial charge < -0.3 is 5.32 Å². The summed E-state index contributed by atoms with van der Waals surface area (Å²) in [5.41, 5.74) is 1.52. The molecule has 6 heteroatoms. The van der Waals surface area contributed by atoms with Crippen molar-refractivity contribution in [2.75, 3.05) is 13.1 Å². The predicted octanol–water partition coefficient (Wildman–Crippen LogP) is 2.98. The predicted molar refractivity (Wildman–Crippen MR) is 104 cm³/mol. The molecule has 0 saturated carbocycles. The van der Waals surface area contributed by atoms with E-state index in [9.17, 15) is 13.2 Å². The van der Waals surface area contributed by atoms with Crippen molar-refractivity contribution >= 4 is 15.9 Å². The van der Waals surface area contributed by atoms with Crippen molar-refractivity contribution in [2.45, 2.75) is 31.6 Å². The van der Waals surface area contributed by atoms with Gasteiger partial charge in [-0.25, -0.2) is 13.1 Å². The number of nitrogens with one attached hydrogen (secondary N) is 2. The van der Waals surface area contributed by atoms with Crippen LogP contribution in [0.3, 0.4) is 0 Å². The molecule has 2 rings (SSSR count). The highest BCUT2D eigenvalue weighted by atomic mass is 32.2. The van der Waals surface area contributed by atoms with Crippen molar-refractivity contribution in [2.24, 2.45) is 5.92 Å². The van der Waals surface area contributed by atoms with E-state index in [2.05, 4.69) is 10.0 Å². The quantitative estimate of drug-likeness (QED) is 0.663. The molecule has 0 aromatic heterocycles. The molecule has 26 heavy (non-hydrogen) atoms. The molecule has 2 aromatic carbocycles. The molecule has 0 radical (unpaired) electrons. The first kappa shape index (κ1) is 20.1. The van der Waals surface area contributed by atoms with Gasteiger partial charge in [-0.1, -0.05) is 50.2 Å². The highest BCUT2D eigenvalue weighted by Crippen LogP contribution is 2.12. The van der Waals surface area contributed by atoms with Crippen LogP contribution in [0.25, 0.3) is 0 Å². The van der Waals surface area contributed by atoms with Crippen LogP contribution in [0, 0.1) is 5.92 Å². The number of aryl methyl sites for hydroxylation is 1. The van der Waals surface area contributed by atoms with Gasteiger partial charge in [0, 0.05) is 18.7 Å². The van der Waals surface area contributed by atoms with Crippen LogP contribution in [0.15, 0.2) is 59.5 Å². The summed E-state index contributed by atoms with van der Waals surface area (Å²) in [7, 11) is -3.63. The summed E-state index contributed by atoms with van der Waals surface area (Å²) in [6.45, 7) is 4.90. The lowest BCUT2D eigenvalue weighted by Gasteiger charge is -2.10. The zero-order valence-corrected chi connectivity index (χ0v) is 16.1. The molecule has 0 spiro atoms. The number of carbonyl (C=O) groups excluding carboxylic acids is 1. The van der Waals surface area contributed by atoms with Gasteiger partial charge in [-0.3, -0.25) is 4.79 Å². The summed E-state index contributed by atoms with van der Waals surface area (Å²) in [5, 5.41) is 2.79. The van der Waals surface area contributed by atoms with Crippen molar-refractivity contribution < 1.29 is 13.2 Å². The van der Waals surface area contributed by atoms with Crippen LogP contribution in [0.1, 0.15) is 36.2 Å². The van der Waals surface area contributed by atoms with Gasteiger partial charge in [-0.2, -0.15) is 0 Å². The van der Waals surface area contributed by atoms with Crippen LogP contribution in [0.2, 0.25) is 0 Å². The lowest BCUT2D eigenvalue weighted by molar-refractivity contribution is 0.0949. The second kappa shape index (κ2) is 9.50. The SMILES string of the molecule is CC(C)CNC(=O)c1cccc(S(=O)(=O)NCCCc2ccccc2)c1. The van der Waals surface area contributed by atoms with Crippen molar-refractivity contribution in [3.8, 4) is 0 Å². The third-order valence-corrected chi connectivity index (χ3v) is 5.31. The number of sulfonamides is 1. The number of amides is 1. The summed E-state index contributed by atoms with van der Waals surface area (Å²) >= 11 is 0. The minimum absolute atomic E-state index is 0.106. The normalized spacial score (nSPS) is 11.5. The van der Waals surface area contributed by atoms with E-state index in [0.717, 1.165) is 6.42 Å². The van der Waals surface area contributed by atoms with Gasteiger partial charge in [0.25, 0.3) is 5.91 Å². The molecule has 0 aliphatic heterocycles. The average molecular weight is 375 g/mol. The molecule has 0 atom stereocenters. The Balaban J connectivity index is 1.93. The van der Waals surface area contributed by atoms with Gasteiger partial charge >= 0.3 is 0 Å². The molecule has 0 unspecified atom stereocenters. The Kier molecular flexibility index (Phi) is 7.36. The van der Waals surface area contributed by atoms with Gasteiger partial charge in [0.15, 0.2) is 0 Å². The van der Waals surface area contributed by atoms with E-state index in [4.69, 9.17) is 0 Å². The summed E-state index contributed by atoms with van der Waals surface area (Å²) in [4.78, 5) is 12.2. The van der Waals surface area contributed by atoms with Gasteiger partial charge in [-0.05, 0) is 42.5 Å². The zero-order valence-electron chi connectivity index (χ0n) is 15.2. The lowest BCUT2D eigenvalue weighted by atomic mass is 10.1. The number of hydrogen-bond donors (Lipinski definition) is 2. The van der Waals surface area contributed by atoms with Gasteiger partial charge in [0.2, 0.25) is 10.0 Å². The monoisotopic (exact) mass is 374 g/mol. The van der Waals surface area contributed by atoms with Crippen LogP contribution < -0.4 is 10.0 Å². The van der Waals surface area contributed by atoms with E-state index < -0.39 is 10.0 Å². The van der Waals surface area contributed by atoms with Gasteiger partial charge in [-0.15, -0.1) is 0 Å². The first-order valence-electron chi connectivity index (χ1n) is 8.80. The van der Waals surface area contributed by atoms with E-state index in [1.807, 2.05) is 44.2 Å². The first-order valence-corrected chi connectivity index (χ1v) is 10.3. The largest absolute Gasteiger partial charge is 0.352 e. The van der Waals surface area contributed by atoms with Crippen molar-refractivity contribution in [3.05, 3.63) is 65.7 Å². The van der Waals surface area contributed by atoms with E-state index in [1.54, 1.807) is 12.1 Å². The molecule has 2 aromatic rings. The van der Waals surface area contributed by atoms with Crippen LogP contribution >= 0.6 is 0 Å². The highest BCUT2D eigenvalue weighted by molar-refractivity contribution is 7.89. The third-order valence-electron chi connectivity index (χ3n) is 3.85. The Bertz CT molecular complexity index is 818. The Labute approximate surface area is 155 Å². The van der Waals surface area contributed by atoms with E-state index in [-0.39, 0.29) is 10.8 Å². The molecule has 0 aliphatic rings. The van der Waals surface area contributed by atoms with Crippen LogP contribution in [-0.2, 0) is 16.4 Å². The van der Waals surface area contributed by atoms with Crippen molar-refractivity contribution in [3.63, 3.8) is 0 Å². The third kappa shape index (κ3) is 6.28. The number of hydrogen-bond acceptors (Lipinski definition) is 3. The molecule has 0 aliphatic carbocycles. The molecule has 0 fully saturated rings. The Morgan fingerprint density at radius 3 is 2.46 bits per heavy atom. The van der Waals surface area contributed by atoms with E-state index in [1.165, 1.54) is 17.7 Å². The average Bonchev–Trinajstić information content (AvgIpc) is 2.64. The van der Waals surface area contributed by atoms with Crippen LogP contribution in [0.4, 0.5) is 0 Å². The number of carbonyl (C=O) groups is 1. The van der Waals surface area contributed by atoms with Crippen molar-refractivity contribution in [1.29, 1.82) is 0 Å². The van der Waals surface area contributed by atoms with Crippen LogP contribution in [-0.4, -0.2) is 27.4 Å². The summed E-state index contributed by atoms with van der Waals surface area (Å²) in [6, 6.07) is 16.0. The van der Waals surface area contributed by atoms with Gasteiger partial charge in [0.1, 0.15) is 0 Å². The fourth-order valence-corrected chi connectivity index (χ4v) is 3.55. The topological polar surface area (TPSA) is 75.3 Å². The smallest absolute Gasteiger partial charge is 0.251 e. The summed E-state index contributed by atoms with van der Waals surface area (Å²) in [5.74, 6) is 0.0666. The molecule has 0 heterocycles. The lowest BCUT2D eigenvalue weighted by Crippen LogP contribution is -2.28. The molecule has 0 bridgehead atoms. The van der Waals surface area contributed by atoms with Crippen molar-refractivity contribution in [1.82, 2.24) is 10.0 Å². The second-order valence-electron chi connectivity index (χ2n) is 6.62. The molecular formula is C20H26N2O3S. The minimum Gasteiger partial charge on any atom is -0.352 e. The number of benzene rings is 2. The highest BCUT2D eigenvalue weighted by Gasteiger charge is 2.16. The summed E-state index contributed by atoms with van der Waals surface area (Å²) in [6.07, 6.45) is 1.51. The molecule has 2 N–H and O–H groups in total. The van der Waals surface area contributed by atoms with Gasteiger partial charge in [0.05, 0.1) is 4.90 Å². The molecule has 140 valence electrons. The number of rotatable bonds is 9. The maximum Gasteiger partial charge on any atom is 0.251 e. The molecule has 5 nitrogen and oxygen atoms in total. The maximum absolute atomic E-state index is 12.4. The first-order chi connectivity index (χ1) is 12.4. The Hall–Kier alpha value is -2.18. The van der Waals surface area contributed by atoms with E-state index in [0.29, 0.717) is 31.0 Å². The maximum atomic E-state index is 12.4. The fourth-order valence-electron chi connectivity index (χ4n) is 2.43. The Morgan fingerprint density at radius 1 is 1.04 bits per heavy atom. The molecule has 1 amide bonds. The second-order valence-corrected chi connectivity index (χ2v) is 8.39.